The zero-order chi connectivity index (χ0) is 17.4. The van der Waals surface area contributed by atoms with E-state index in [9.17, 15) is 0 Å². The molecule has 1 N–H and O–H groups in total. The lowest BCUT2D eigenvalue weighted by Crippen LogP contribution is -2.42. The van der Waals surface area contributed by atoms with Gasteiger partial charge in [0.25, 0.3) is 0 Å². The molecule has 1 fully saturated rings. The first kappa shape index (κ1) is 18.6. The van der Waals surface area contributed by atoms with E-state index in [0.29, 0.717) is 12.0 Å². The molecule has 0 amide bonds. The first-order valence-electron chi connectivity index (χ1n) is 8.96. The quantitative estimate of drug-likeness (QED) is 0.615. The molecule has 5 heteroatoms. The van der Waals surface area contributed by atoms with E-state index in [1.165, 1.54) is 5.69 Å². The normalized spacial score (nSPS) is 19.2. The van der Waals surface area contributed by atoms with Crippen LogP contribution in [0, 0.1) is 5.92 Å². The summed E-state index contributed by atoms with van der Waals surface area (Å²) in [7, 11) is 4.24. The van der Waals surface area contributed by atoms with E-state index in [1.54, 1.807) is 0 Å². The van der Waals surface area contributed by atoms with Crippen LogP contribution in [0.5, 0.6) is 0 Å². The Kier molecular flexibility index (Phi) is 7.37. The van der Waals surface area contributed by atoms with Crippen molar-refractivity contribution in [1.29, 1.82) is 0 Å². The van der Waals surface area contributed by atoms with Gasteiger partial charge in [0.2, 0.25) is 0 Å². The van der Waals surface area contributed by atoms with E-state index in [4.69, 9.17) is 9.73 Å². The Morgan fingerprint density at radius 1 is 1.33 bits per heavy atom. The van der Waals surface area contributed by atoms with Gasteiger partial charge in [0, 0.05) is 51.4 Å². The summed E-state index contributed by atoms with van der Waals surface area (Å²) in [6.45, 7) is 8.73. The highest BCUT2D eigenvalue weighted by Crippen LogP contribution is 2.15. The fourth-order valence-corrected chi connectivity index (χ4v) is 2.93. The Bertz CT molecular complexity index is 499. The molecular weight excluding hydrogens is 300 g/mol. The van der Waals surface area contributed by atoms with Crippen LogP contribution in [0.3, 0.4) is 0 Å². The van der Waals surface area contributed by atoms with Crippen molar-refractivity contribution in [2.75, 3.05) is 51.8 Å². The molecule has 2 atom stereocenters. The molecule has 2 unspecified atom stereocenters. The Morgan fingerprint density at radius 3 is 2.71 bits per heavy atom. The smallest absolute Gasteiger partial charge is 0.193 e. The number of ether oxygens (including phenoxy) is 1. The molecule has 1 aliphatic heterocycles. The van der Waals surface area contributed by atoms with Crippen LogP contribution < -0.4 is 10.2 Å². The average molecular weight is 332 g/mol. The SMILES string of the molecule is CCNC(=NCC(C)N(C)c1ccccc1)N(C)CC1CCOC1. The first-order valence-corrected chi connectivity index (χ1v) is 8.96. The number of para-hydroxylation sites is 1. The summed E-state index contributed by atoms with van der Waals surface area (Å²) >= 11 is 0. The van der Waals surface area contributed by atoms with Gasteiger partial charge < -0.3 is 19.9 Å². The zero-order valence-corrected chi connectivity index (χ0v) is 15.5. The van der Waals surface area contributed by atoms with E-state index < -0.39 is 0 Å². The molecule has 24 heavy (non-hydrogen) atoms. The van der Waals surface area contributed by atoms with Gasteiger partial charge in [0.15, 0.2) is 5.96 Å². The van der Waals surface area contributed by atoms with Crippen molar-refractivity contribution in [3.05, 3.63) is 30.3 Å². The monoisotopic (exact) mass is 332 g/mol. The van der Waals surface area contributed by atoms with Crippen LogP contribution in [0.15, 0.2) is 35.3 Å². The van der Waals surface area contributed by atoms with Gasteiger partial charge in [-0.25, -0.2) is 0 Å². The second-order valence-electron chi connectivity index (χ2n) is 6.60. The summed E-state index contributed by atoms with van der Waals surface area (Å²) in [5.74, 6) is 1.60. The van der Waals surface area contributed by atoms with Gasteiger partial charge in [0.05, 0.1) is 13.2 Å². The lowest BCUT2D eigenvalue weighted by molar-refractivity contribution is 0.181. The number of hydrogen-bond donors (Lipinski definition) is 1. The molecule has 0 saturated carbocycles. The summed E-state index contributed by atoms with van der Waals surface area (Å²) < 4.78 is 5.48. The lowest BCUT2D eigenvalue weighted by Gasteiger charge is -2.28. The largest absolute Gasteiger partial charge is 0.381 e. The zero-order valence-electron chi connectivity index (χ0n) is 15.5. The Morgan fingerprint density at radius 2 is 2.08 bits per heavy atom. The van der Waals surface area contributed by atoms with Gasteiger partial charge >= 0.3 is 0 Å². The van der Waals surface area contributed by atoms with Crippen molar-refractivity contribution < 1.29 is 4.74 Å². The van der Waals surface area contributed by atoms with E-state index >= 15 is 0 Å². The number of nitrogens with one attached hydrogen (secondary N) is 1. The second-order valence-corrected chi connectivity index (χ2v) is 6.60. The van der Waals surface area contributed by atoms with Crippen molar-refractivity contribution in [3.8, 4) is 0 Å². The van der Waals surface area contributed by atoms with Crippen molar-refractivity contribution >= 4 is 11.6 Å². The number of guanidine groups is 1. The molecule has 134 valence electrons. The molecule has 5 nitrogen and oxygen atoms in total. The van der Waals surface area contributed by atoms with Crippen LogP contribution in [-0.4, -0.2) is 63.8 Å². The molecule has 1 aromatic carbocycles. The van der Waals surface area contributed by atoms with Crippen LogP contribution in [0.25, 0.3) is 0 Å². The van der Waals surface area contributed by atoms with Gasteiger partial charge in [-0.15, -0.1) is 0 Å². The van der Waals surface area contributed by atoms with Crippen LogP contribution in [0.1, 0.15) is 20.3 Å². The Hall–Kier alpha value is -1.75. The molecule has 0 radical (unpaired) electrons. The minimum absolute atomic E-state index is 0.337. The Labute approximate surface area is 146 Å². The van der Waals surface area contributed by atoms with E-state index in [0.717, 1.165) is 45.2 Å². The third kappa shape index (κ3) is 5.41. The molecule has 1 aromatic rings. The standard InChI is InChI=1S/C19H32N4O/c1-5-20-19(22(3)14-17-11-12-24-15-17)21-13-16(2)23(4)18-9-7-6-8-10-18/h6-10,16-17H,5,11-15H2,1-4H3,(H,20,21). The highest BCUT2D eigenvalue weighted by Gasteiger charge is 2.19. The third-order valence-corrected chi connectivity index (χ3v) is 4.58. The van der Waals surface area contributed by atoms with Crippen molar-refractivity contribution in [1.82, 2.24) is 10.2 Å². The molecule has 0 aliphatic carbocycles. The van der Waals surface area contributed by atoms with Gasteiger partial charge in [-0.1, -0.05) is 18.2 Å². The molecule has 1 saturated heterocycles. The molecule has 1 heterocycles. The molecule has 0 spiro atoms. The summed E-state index contributed by atoms with van der Waals surface area (Å²) in [5.41, 5.74) is 1.22. The number of likely N-dealkylation sites (N-methyl/N-ethyl adjacent to an activating group) is 1. The van der Waals surface area contributed by atoms with Crippen molar-refractivity contribution in [3.63, 3.8) is 0 Å². The molecule has 0 aromatic heterocycles. The minimum Gasteiger partial charge on any atom is -0.381 e. The summed E-state index contributed by atoms with van der Waals surface area (Å²) in [6, 6.07) is 10.8. The highest BCUT2D eigenvalue weighted by molar-refractivity contribution is 5.79. The van der Waals surface area contributed by atoms with Crippen LogP contribution in [0.4, 0.5) is 5.69 Å². The maximum absolute atomic E-state index is 5.48. The molecular formula is C19H32N4O. The second kappa shape index (κ2) is 9.52. The number of rotatable bonds is 7. The fraction of sp³-hybridized carbons (Fsp3) is 0.632. The van der Waals surface area contributed by atoms with Gasteiger partial charge in [-0.3, -0.25) is 4.99 Å². The average Bonchev–Trinajstić information content (AvgIpc) is 3.11. The number of benzene rings is 1. The molecule has 0 bridgehead atoms. The molecule has 2 rings (SSSR count). The third-order valence-electron chi connectivity index (χ3n) is 4.58. The first-order chi connectivity index (χ1) is 11.6. The highest BCUT2D eigenvalue weighted by atomic mass is 16.5. The van der Waals surface area contributed by atoms with E-state index in [2.05, 4.69) is 67.3 Å². The number of aliphatic imine (C=N–C) groups is 1. The summed E-state index contributed by atoms with van der Waals surface area (Å²) in [6.07, 6.45) is 1.15. The predicted molar refractivity (Wildman–Crippen MR) is 102 cm³/mol. The van der Waals surface area contributed by atoms with Crippen molar-refractivity contribution in [2.24, 2.45) is 10.9 Å². The maximum Gasteiger partial charge on any atom is 0.193 e. The number of anilines is 1. The fourth-order valence-electron chi connectivity index (χ4n) is 2.93. The number of nitrogens with zero attached hydrogens (tertiary/aromatic N) is 3. The van der Waals surface area contributed by atoms with Gasteiger partial charge in [-0.05, 0) is 32.4 Å². The lowest BCUT2D eigenvalue weighted by atomic mass is 10.1. The van der Waals surface area contributed by atoms with Crippen LogP contribution in [0.2, 0.25) is 0 Å². The van der Waals surface area contributed by atoms with E-state index in [-0.39, 0.29) is 0 Å². The predicted octanol–water partition coefficient (Wildman–Crippen LogP) is 2.45. The van der Waals surface area contributed by atoms with Crippen LogP contribution >= 0.6 is 0 Å². The van der Waals surface area contributed by atoms with E-state index in [1.807, 2.05) is 6.07 Å². The maximum atomic E-state index is 5.48. The minimum atomic E-state index is 0.337. The summed E-state index contributed by atoms with van der Waals surface area (Å²) in [5, 5.41) is 3.41. The molecule has 1 aliphatic rings. The summed E-state index contributed by atoms with van der Waals surface area (Å²) in [4.78, 5) is 9.36. The van der Waals surface area contributed by atoms with Gasteiger partial charge in [0.1, 0.15) is 0 Å². The number of hydrogen-bond acceptors (Lipinski definition) is 3. The topological polar surface area (TPSA) is 40.1 Å². The van der Waals surface area contributed by atoms with Crippen LogP contribution in [-0.2, 0) is 4.74 Å². The van der Waals surface area contributed by atoms with Crippen molar-refractivity contribution in [2.45, 2.75) is 26.3 Å². The van der Waals surface area contributed by atoms with Gasteiger partial charge in [-0.2, -0.15) is 0 Å². The Balaban J connectivity index is 1.93.